The lowest BCUT2D eigenvalue weighted by atomic mass is 10.1. The van der Waals surface area contributed by atoms with E-state index in [2.05, 4.69) is 0 Å². The number of rotatable bonds is 3. The zero-order valence-electron chi connectivity index (χ0n) is 6.97. The smallest absolute Gasteiger partial charge is 0.328 e. The van der Waals surface area contributed by atoms with Crippen molar-refractivity contribution in [2.75, 3.05) is 0 Å². The van der Waals surface area contributed by atoms with Crippen molar-refractivity contribution in [1.82, 2.24) is 0 Å². The number of hydrogen-bond acceptors (Lipinski definition) is 2. The fraction of sp³-hybridized carbons (Fsp3) is 0.100. The largest absolute Gasteiger partial charge is 0.478 e. The average molecular weight is 178 g/mol. The summed E-state index contributed by atoms with van der Waals surface area (Å²) in [5.74, 6) is -0.977. The highest BCUT2D eigenvalue weighted by atomic mass is 16.4. The van der Waals surface area contributed by atoms with Crippen molar-refractivity contribution in [2.45, 2.75) is 6.61 Å². The van der Waals surface area contributed by atoms with Gasteiger partial charge in [0.1, 0.15) is 0 Å². The van der Waals surface area contributed by atoms with Crippen LogP contribution < -0.4 is 0 Å². The van der Waals surface area contributed by atoms with Crippen LogP contribution in [-0.4, -0.2) is 16.2 Å². The van der Waals surface area contributed by atoms with Crippen LogP contribution in [0.5, 0.6) is 0 Å². The molecule has 0 aromatic heterocycles. The minimum atomic E-state index is -0.977. The molecule has 1 rings (SSSR count). The fourth-order valence-corrected chi connectivity index (χ4v) is 0.963. The standard InChI is InChI=1S/C10H10O3/c11-7-9-3-1-2-8(6-9)4-5-10(12)13/h1-6,11H,7H2,(H,12,13)/b5-4-. The van der Waals surface area contributed by atoms with E-state index in [1.165, 1.54) is 6.08 Å². The van der Waals surface area contributed by atoms with Crippen molar-refractivity contribution in [3.8, 4) is 0 Å². The van der Waals surface area contributed by atoms with Gasteiger partial charge in [0, 0.05) is 6.08 Å². The summed E-state index contributed by atoms with van der Waals surface area (Å²) in [6, 6.07) is 7.06. The molecule has 0 aliphatic heterocycles. The average Bonchev–Trinajstić information content (AvgIpc) is 2.15. The zero-order valence-corrected chi connectivity index (χ0v) is 6.97. The summed E-state index contributed by atoms with van der Waals surface area (Å²) in [5.41, 5.74) is 1.54. The van der Waals surface area contributed by atoms with Gasteiger partial charge in [-0.05, 0) is 23.3 Å². The molecule has 3 nitrogen and oxygen atoms in total. The Morgan fingerprint density at radius 2 is 2.23 bits per heavy atom. The summed E-state index contributed by atoms with van der Waals surface area (Å²) in [5, 5.41) is 17.2. The molecule has 0 bridgehead atoms. The van der Waals surface area contributed by atoms with Crippen molar-refractivity contribution in [3.63, 3.8) is 0 Å². The molecule has 0 radical (unpaired) electrons. The Bertz CT molecular complexity index is 329. The summed E-state index contributed by atoms with van der Waals surface area (Å²) < 4.78 is 0. The normalized spacial score (nSPS) is 10.5. The number of aliphatic carboxylic acids is 1. The number of aliphatic hydroxyl groups excluding tert-OH is 1. The summed E-state index contributed by atoms with van der Waals surface area (Å²) in [6.07, 6.45) is 2.55. The Hall–Kier alpha value is -1.61. The third-order valence-corrected chi connectivity index (χ3v) is 1.55. The molecule has 13 heavy (non-hydrogen) atoms. The predicted octanol–water partition coefficient (Wildman–Crippen LogP) is 1.28. The molecule has 0 amide bonds. The summed E-state index contributed by atoms with van der Waals surface area (Å²) in [7, 11) is 0. The Balaban J connectivity index is 2.83. The number of carbonyl (C=O) groups is 1. The molecule has 0 fully saturated rings. The first-order chi connectivity index (χ1) is 6.22. The van der Waals surface area contributed by atoms with Crippen LogP contribution in [0, 0.1) is 0 Å². The number of aliphatic hydroxyl groups is 1. The highest BCUT2D eigenvalue weighted by Crippen LogP contribution is 2.06. The molecule has 0 heterocycles. The van der Waals surface area contributed by atoms with Gasteiger partial charge in [0.05, 0.1) is 6.61 Å². The molecule has 0 spiro atoms. The van der Waals surface area contributed by atoms with E-state index in [0.29, 0.717) is 0 Å². The topological polar surface area (TPSA) is 57.5 Å². The molecule has 0 aliphatic carbocycles. The Kier molecular flexibility index (Phi) is 3.23. The maximum atomic E-state index is 10.2. The first kappa shape index (κ1) is 9.48. The first-order valence-corrected chi connectivity index (χ1v) is 3.83. The SMILES string of the molecule is O=C(O)/C=C\c1cccc(CO)c1. The van der Waals surface area contributed by atoms with Gasteiger partial charge in [-0.1, -0.05) is 18.2 Å². The van der Waals surface area contributed by atoms with E-state index < -0.39 is 5.97 Å². The second-order valence-electron chi connectivity index (χ2n) is 2.57. The van der Waals surface area contributed by atoms with Crippen LogP contribution in [0.3, 0.4) is 0 Å². The van der Waals surface area contributed by atoms with E-state index in [1.54, 1.807) is 24.3 Å². The Labute approximate surface area is 76.0 Å². The monoisotopic (exact) mass is 178 g/mol. The molecule has 0 atom stereocenters. The van der Waals surface area contributed by atoms with Gasteiger partial charge in [-0.2, -0.15) is 0 Å². The van der Waals surface area contributed by atoms with Gasteiger partial charge < -0.3 is 10.2 Å². The molecule has 0 saturated carbocycles. The predicted molar refractivity (Wildman–Crippen MR) is 49.0 cm³/mol. The molecular weight excluding hydrogens is 168 g/mol. The molecule has 3 heteroatoms. The second-order valence-corrected chi connectivity index (χ2v) is 2.57. The van der Waals surface area contributed by atoms with Crippen molar-refractivity contribution in [3.05, 3.63) is 41.5 Å². The van der Waals surface area contributed by atoms with E-state index >= 15 is 0 Å². The lowest BCUT2D eigenvalue weighted by Gasteiger charge is -1.96. The number of benzene rings is 1. The summed E-state index contributed by atoms with van der Waals surface area (Å²) in [4.78, 5) is 10.2. The number of carboxylic acids is 1. The lowest BCUT2D eigenvalue weighted by Crippen LogP contribution is -1.87. The van der Waals surface area contributed by atoms with E-state index in [1.807, 2.05) is 0 Å². The molecular formula is C10H10O3. The minimum Gasteiger partial charge on any atom is -0.478 e. The maximum Gasteiger partial charge on any atom is 0.328 e. The van der Waals surface area contributed by atoms with Crippen LogP contribution in [0.1, 0.15) is 11.1 Å². The first-order valence-electron chi connectivity index (χ1n) is 3.83. The molecule has 1 aromatic rings. The highest BCUT2D eigenvalue weighted by molar-refractivity contribution is 5.85. The zero-order chi connectivity index (χ0) is 9.68. The second kappa shape index (κ2) is 4.42. The molecule has 0 saturated heterocycles. The van der Waals surface area contributed by atoms with Crippen LogP contribution in [0.4, 0.5) is 0 Å². The summed E-state index contributed by atoms with van der Waals surface area (Å²) >= 11 is 0. The Morgan fingerprint density at radius 3 is 2.85 bits per heavy atom. The van der Waals surface area contributed by atoms with Crippen molar-refractivity contribution < 1.29 is 15.0 Å². The summed E-state index contributed by atoms with van der Waals surface area (Å²) in [6.45, 7) is -0.0330. The fourth-order valence-electron chi connectivity index (χ4n) is 0.963. The maximum absolute atomic E-state index is 10.2. The highest BCUT2D eigenvalue weighted by Gasteiger charge is 1.92. The number of hydrogen-bond donors (Lipinski definition) is 2. The molecule has 1 aromatic carbocycles. The lowest BCUT2D eigenvalue weighted by molar-refractivity contribution is -0.131. The van der Waals surface area contributed by atoms with Gasteiger partial charge in [-0.15, -0.1) is 0 Å². The van der Waals surface area contributed by atoms with Crippen LogP contribution >= 0.6 is 0 Å². The van der Waals surface area contributed by atoms with Gasteiger partial charge in [0.25, 0.3) is 0 Å². The van der Waals surface area contributed by atoms with Crippen LogP contribution in [0.2, 0.25) is 0 Å². The van der Waals surface area contributed by atoms with Crippen molar-refractivity contribution in [1.29, 1.82) is 0 Å². The van der Waals surface area contributed by atoms with Gasteiger partial charge in [-0.3, -0.25) is 0 Å². The van der Waals surface area contributed by atoms with E-state index in [9.17, 15) is 4.79 Å². The van der Waals surface area contributed by atoms with Gasteiger partial charge >= 0.3 is 5.97 Å². The van der Waals surface area contributed by atoms with Gasteiger partial charge in [0.2, 0.25) is 0 Å². The quantitative estimate of drug-likeness (QED) is 0.685. The minimum absolute atomic E-state index is 0.0330. The van der Waals surface area contributed by atoms with Crippen molar-refractivity contribution >= 4 is 12.0 Å². The van der Waals surface area contributed by atoms with E-state index in [-0.39, 0.29) is 6.61 Å². The Morgan fingerprint density at radius 1 is 1.46 bits per heavy atom. The van der Waals surface area contributed by atoms with Crippen LogP contribution in [0.15, 0.2) is 30.3 Å². The molecule has 2 N–H and O–H groups in total. The number of carboxylic acid groups (broad SMARTS) is 1. The van der Waals surface area contributed by atoms with Crippen molar-refractivity contribution in [2.24, 2.45) is 0 Å². The third kappa shape index (κ3) is 3.09. The van der Waals surface area contributed by atoms with Crippen LogP contribution in [-0.2, 0) is 11.4 Å². The molecule has 0 aliphatic rings. The molecule has 0 unspecified atom stereocenters. The van der Waals surface area contributed by atoms with E-state index in [0.717, 1.165) is 17.2 Å². The van der Waals surface area contributed by atoms with Gasteiger partial charge in [-0.25, -0.2) is 4.79 Å². The van der Waals surface area contributed by atoms with Gasteiger partial charge in [0.15, 0.2) is 0 Å². The third-order valence-electron chi connectivity index (χ3n) is 1.55. The van der Waals surface area contributed by atoms with Crippen LogP contribution in [0.25, 0.3) is 6.08 Å². The van der Waals surface area contributed by atoms with E-state index in [4.69, 9.17) is 10.2 Å². The molecule has 68 valence electrons.